The molecule has 0 saturated carbocycles. The summed E-state index contributed by atoms with van der Waals surface area (Å²) in [4.78, 5) is 26.2. The Bertz CT molecular complexity index is 777. The monoisotopic (exact) mass is 331 g/mol. The lowest BCUT2D eigenvalue weighted by Crippen LogP contribution is -2.26. The van der Waals surface area contributed by atoms with Crippen molar-refractivity contribution in [2.45, 2.75) is 6.54 Å². The molecule has 6 nitrogen and oxygen atoms in total. The van der Waals surface area contributed by atoms with Gasteiger partial charge in [-0.1, -0.05) is 12.1 Å². The number of halogens is 1. The number of benzene rings is 2. The van der Waals surface area contributed by atoms with Crippen LogP contribution in [0.1, 0.15) is 15.9 Å². The van der Waals surface area contributed by atoms with Crippen LogP contribution in [0.25, 0.3) is 0 Å². The van der Waals surface area contributed by atoms with Gasteiger partial charge < -0.3 is 9.80 Å². The number of hydrogen-bond acceptors (Lipinski definition) is 4. The molecule has 0 unspecified atom stereocenters. The molecular formula is C17H18FN3O3. The third kappa shape index (κ3) is 3.87. The number of carbonyl (C=O) groups is 1. The van der Waals surface area contributed by atoms with Crippen LogP contribution in [0.5, 0.6) is 0 Å². The van der Waals surface area contributed by atoms with E-state index in [0.717, 1.165) is 0 Å². The number of carbonyl (C=O) groups excluding carboxylic acids is 1. The van der Waals surface area contributed by atoms with E-state index in [1.54, 1.807) is 50.3 Å². The first-order chi connectivity index (χ1) is 11.3. The van der Waals surface area contributed by atoms with Crippen molar-refractivity contribution in [3.63, 3.8) is 0 Å². The van der Waals surface area contributed by atoms with Gasteiger partial charge in [-0.05, 0) is 29.8 Å². The highest BCUT2D eigenvalue weighted by Gasteiger charge is 2.20. The predicted molar refractivity (Wildman–Crippen MR) is 89.6 cm³/mol. The summed E-state index contributed by atoms with van der Waals surface area (Å²) in [5.41, 5.74) is 1.14. The highest BCUT2D eigenvalue weighted by Crippen LogP contribution is 2.28. The van der Waals surface area contributed by atoms with E-state index < -0.39 is 4.92 Å². The zero-order chi connectivity index (χ0) is 17.9. The smallest absolute Gasteiger partial charge is 0.293 e. The highest BCUT2D eigenvalue weighted by atomic mass is 19.1. The Balaban J connectivity index is 2.25. The summed E-state index contributed by atoms with van der Waals surface area (Å²) in [5.74, 6) is -0.744. The SMILES string of the molecule is CN(Cc1cccc(F)c1)C(=O)c1ccc(N(C)C)c([N+](=O)[O-])c1. The van der Waals surface area contributed by atoms with Crippen molar-refractivity contribution in [2.24, 2.45) is 0 Å². The summed E-state index contributed by atoms with van der Waals surface area (Å²) in [6, 6.07) is 10.3. The fourth-order valence-electron chi connectivity index (χ4n) is 2.38. The van der Waals surface area contributed by atoms with Crippen molar-refractivity contribution < 1.29 is 14.1 Å². The van der Waals surface area contributed by atoms with Gasteiger partial charge in [-0.2, -0.15) is 0 Å². The molecule has 0 aliphatic heterocycles. The van der Waals surface area contributed by atoms with Gasteiger partial charge >= 0.3 is 0 Å². The van der Waals surface area contributed by atoms with E-state index in [0.29, 0.717) is 11.3 Å². The molecule has 0 spiro atoms. The molecule has 0 aromatic heterocycles. The van der Waals surface area contributed by atoms with Crippen LogP contribution in [0.4, 0.5) is 15.8 Å². The van der Waals surface area contributed by atoms with Gasteiger partial charge in [0.2, 0.25) is 0 Å². The maximum absolute atomic E-state index is 13.2. The van der Waals surface area contributed by atoms with Gasteiger partial charge in [-0.15, -0.1) is 0 Å². The minimum Gasteiger partial charge on any atom is -0.372 e. The van der Waals surface area contributed by atoms with E-state index in [-0.39, 0.29) is 29.5 Å². The van der Waals surface area contributed by atoms with Gasteiger partial charge in [0.1, 0.15) is 11.5 Å². The molecule has 0 aliphatic rings. The van der Waals surface area contributed by atoms with Gasteiger partial charge in [0.25, 0.3) is 11.6 Å². The third-order valence-corrected chi connectivity index (χ3v) is 3.56. The molecule has 0 N–H and O–H groups in total. The Morgan fingerprint density at radius 1 is 1.17 bits per heavy atom. The van der Waals surface area contributed by atoms with Gasteiger partial charge in [0.15, 0.2) is 0 Å². The lowest BCUT2D eigenvalue weighted by atomic mass is 10.1. The summed E-state index contributed by atoms with van der Waals surface area (Å²) in [6.07, 6.45) is 0. The minimum absolute atomic E-state index is 0.134. The van der Waals surface area contributed by atoms with Crippen molar-refractivity contribution >= 4 is 17.3 Å². The Labute approximate surface area is 139 Å². The molecule has 2 aromatic rings. The quantitative estimate of drug-likeness (QED) is 0.624. The summed E-state index contributed by atoms with van der Waals surface area (Å²) in [5, 5.41) is 11.2. The second kappa shape index (κ2) is 7.08. The number of nitrogens with zero attached hydrogens (tertiary/aromatic N) is 3. The Kier molecular flexibility index (Phi) is 5.13. The standard InChI is InChI=1S/C17H18FN3O3/c1-19(2)15-8-7-13(10-16(15)21(23)24)17(22)20(3)11-12-5-4-6-14(18)9-12/h4-10H,11H2,1-3H3. The summed E-state index contributed by atoms with van der Waals surface area (Å²) in [6.45, 7) is 0.208. The molecule has 7 heteroatoms. The normalized spacial score (nSPS) is 10.3. The van der Waals surface area contributed by atoms with Crippen LogP contribution in [0.15, 0.2) is 42.5 Å². The molecule has 0 fully saturated rings. The Morgan fingerprint density at radius 2 is 1.88 bits per heavy atom. The van der Waals surface area contributed by atoms with Crippen molar-refractivity contribution in [2.75, 3.05) is 26.0 Å². The minimum atomic E-state index is -0.515. The second-order valence-electron chi connectivity index (χ2n) is 5.65. The lowest BCUT2D eigenvalue weighted by molar-refractivity contribution is -0.384. The van der Waals surface area contributed by atoms with Crippen molar-refractivity contribution in [3.05, 3.63) is 69.5 Å². The maximum Gasteiger partial charge on any atom is 0.293 e. The Hall–Kier alpha value is -2.96. The van der Waals surface area contributed by atoms with E-state index in [9.17, 15) is 19.3 Å². The first-order valence-corrected chi connectivity index (χ1v) is 7.25. The molecule has 0 radical (unpaired) electrons. The molecule has 0 aliphatic carbocycles. The van der Waals surface area contributed by atoms with Crippen LogP contribution in [0.3, 0.4) is 0 Å². The van der Waals surface area contributed by atoms with Gasteiger partial charge in [0.05, 0.1) is 4.92 Å². The van der Waals surface area contributed by atoms with E-state index in [1.807, 2.05) is 0 Å². The lowest BCUT2D eigenvalue weighted by Gasteiger charge is -2.18. The fraction of sp³-hybridized carbons (Fsp3) is 0.235. The molecular weight excluding hydrogens is 313 g/mol. The molecule has 2 aromatic carbocycles. The van der Waals surface area contributed by atoms with Crippen LogP contribution >= 0.6 is 0 Å². The molecule has 0 bridgehead atoms. The molecule has 1 amide bonds. The average molecular weight is 331 g/mol. The van der Waals surface area contributed by atoms with E-state index in [2.05, 4.69) is 0 Å². The third-order valence-electron chi connectivity index (χ3n) is 3.56. The number of nitro benzene ring substituents is 1. The first-order valence-electron chi connectivity index (χ1n) is 7.25. The fourth-order valence-corrected chi connectivity index (χ4v) is 2.38. The van der Waals surface area contributed by atoms with Crippen LogP contribution in [-0.4, -0.2) is 36.9 Å². The van der Waals surface area contributed by atoms with Crippen LogP contribution in [0.2, 0.25) is 0 Å². The van der Waals surface area contributed by atoms with Crippen LogP contribution in [-0.2, 0) is 6.54 Å². The average Bonchev–Trinajstić information content (AvgIpc) is 2.53. The Morgan fingerprint density at radius 3 is 2.46 bits per heavy atom. The van der Waals surface area contributed by atoms with Crippen LogP contribution < -0.4 is 4.90 Å². The number of nitro groups is 1. The molecule has 2 rings (SSSR count). The molecule has 126 valence electrons. The van der Waals surface area contributed by atoms with Gasteiger partial charge in [0, 0.05) is 39.3 Å². The van der Waals surface area contributed by atoms with Gasteiger partial charge in [-0.25, -0.2) is 4.39 Å². The van der Waals surface area contributed by atoms with Crippen LogP contribution in [0, 0.1) is 15.9 Å². The number of rotatable bonds is 5. The summed E-state index contributed by atoms with van der Waals surface area (Å²) < 4.78 is 13.2. The van der Waals surface area contributed by atoms with Crippen molar-refractivity contribution in [1.29, 1.82) is 0 Å². The van der Waals surface area contributed by atoms with Crippen molar-refractivity contribution in [1.82, 2.24) is 4.90 Å². The highest BCUT2D eigenvalue weighted by molar-refractivity contribution is 5.95. The number of amides is 1. The van der Waals surface area contributed by atoms with E-state index >= 15 is 0 Å². The summed E-state index contributed by atoms with van der Waals surface area (Å²) >= 11 is 0. The second-order valence-corrected chi connectivity index (χ2v) is 5.65. The van der Waals surface area contributed by atoms with E-state index in [1.165, 1.54) is 23.1 Å². The predicted octanol–water partition coefficient (Wildman–Crippen LogP) is 3.07. The van der Waals surface area contributed by atoms with E-state index in [4.69, 9.17) is 0 Å². The molecule has 24 heavy (non-hydrogen) atoms. The van der Waals surface area contributed by atoms with Gasteiger partial charge in [-0.3, -0.25) is 14.9 Å². The molecule has 0 heterocycles. The maximum atomic E-state index is 13.2. The zero-order valence-electron chi connectivity index (χ0n) is 13.7. The number of anilines is 1. The van der Waals surface area contributed by atoms with Crippen molar-refractivity contribution in [3.8, 4) is 0 Å². The number of hydrogen-bond donors (Lipinski definition) is 0. The largest absolute Gasteiger partial charge is 0.372 e. The zero-order valence-corrected chi connectivity index (χ0v) is 13.7. The topological polar surface area (TPSA) is 66.7 Å². The summed E-state index contributed by atoms with van der Waals surface area (Å²) in [7, 11) is 4.96. The molecule has 0 saturated heterocycles. The first kappa shape index (κ1) is 17.4. The molecule has 0 atom stereocenters.